The molecule has 2 aromatic carbocycles. The van der Waals surface area contributed by atoms with Crippen LogP contribution in [-0.2, 0) is 11.2 Å². The average Bonchev–Trinajstić information content (AvgIpc) is 2.56. The minimum absolute atomic E-state index is 0.00958. The lowest BCUT2D eigenvalue weighted by molar-refractivity contribution is 0.0732. The number of aryl methyl sites for hydroxylation is 1. The molecular weight excluding hydrogens is 276 g/mol. The summed E-state index contributed by atoms with van der Waals surface area (Å²) in [5.74, 6) is 0.309. The summed E-state index contributed by atoms with van der Waals surface area (Å²) in [4.78, 5) is 12.3. The fourth-order valence-electron chi connectivity index (χ4n) is 2.26. The van der Waals surface area contributed by atoms with E-state index in [-0.39, 0.29) is 12.1 Å². The summed E-state index contributed by atoms with van der Waals surface area (Å²) >= 11 is 0. The Morgan fingerprint density at radius 3 is 2.41 bits per heavy atom. The van der Waals surface area contributed by atoms with Crippen molar-refractivity contribution in [1.82, 2.24) is 0 Å². The Hall–Kier alpha value is -2.13. The van der Waals surface area contributed by atoms with E-state index in [1.807, 2.05) is 43.3 Å². The first-order valence-corrected chi connectivity index (χ1v) is 7.58. The molecule has 0 amide bonds. The van der Waals surface area contributed by atoms with Crippen molar-refractivity contribution in [2.24, 2.45) is 0 Å². The first kappa shape index (κ1) is 16.2. The van der Waals surface area contributed by atoms with E-state index in [0.29, 0.717) is 11.3 Å². The lowest BCUT2D eigenvalue weighted by Gasteiger charge is -2.11. The quantitative estimate of drug-likeness (QED) is 0.579. The summed E-state index contributed by atoms with van der Waals surface area (Å²) in [6.45, 7) is 4.07. The van der Waals surface area contributed by atoms with Gasteiger partial charge in [0.05, 0.1) is 11.7 Å². The molecule has 116 valence electrons. The van der Waals surface area contributed by atoms with Crippen LogP contribution in [0.4, 0.5) is 0 Å². The Morgan fingerprint density at radius 1 is 1.09 bits per heavy atom. The zero-order chi connectivity index (χ0) is 15.9. The van der Waals surface area contributed by atoms with Gasteiger partial charge in [0.15, 0.2) is 0 Å². The summed E-state index contributed by atoms with van der Waals surface area (Å²) in [6, 6.07) is 15.0. The van der Waals surface area contributed by atoms with Crippen LogP contribution in [0.5, 0.6) is 5.75 Å². The minimum Gasteiger partial charge on any atom is -0.423 e. The Balaban J connectivity index is 2.12. The third kappa shape index (κ3) is 3.95. The highest BCUT2D eigenvalue weighted by molar-refractivity contribution is 5.91. The maximum absolute atomic E-state index is 12.3. The largest absolute Gasteiger partial charge is 0.423 e. The number of esters is 1. The van der Waals surface area contributed by atoms with Gasteiger partial charge in [-0.05, 0) is 42.7 Å². The third-order valence-electron chi connectivity index (χ3n) is 3.66. The van der Waals surface area contributed by atoms with E-state index >= 15 is 0 Å². The van der Waals surface area contributed by atoms with Gasteiger partial charge in [0.25, 0.3) is 0 Å². The summed E-state index contributed by atoms with van der Waals surface area (Å²) in [7, 11) is 1.66. The smallest absolute Gasteiger partial charge is 0.343 e. The molecular formula is C19H22O3. The second-order valence-corrected chi connectivity index (χ2v) is 5.25. The zero-order valence-corrected chi connectivity index (χ0v) is 13.3. The predicted octanol–water partition coefficient (Wildman–Crippen LogP) is 4.57. The SMILES string of the molecule is CCCc1ccccc1OC(=O)c1ccc(C(C)OC)cc1. The van der Waals surface area contributed by atoms with Crippen molar-refractivity contribution in [3.05, 3.63) is 65.2 Å². The molecule has 3 nitrogen and oxygen atoms in total. The minimum atomic E-state index is -0.333. The first-order valence-electron chi connectivity index (χ1n) is 7.58. The fourth-order valence-corrected chi connectivity index (χ4v) is 2.26. The highest BCUT2D eigenvalue weighted by atomic mass is 16.5. The maximum Gasteiger partial charge on any atom is 0.343 e. The van der Waals surface area contributed by atoms with Crippen molar-refractivity contribution in [3.63, 3.8) is 0 Å². The molecule has 0 heterocycles. The van der Waals surface area contributed by atoms with E-state index in [9.17, 15) is 4.79 Å². The molecule has 0 aliphatic heterocycles. The summed E-state index contributed by atoms with van der Waals surface area (Å²) in [5, 5.41) is 0. The van der Waals surface area contributed by atoms with Gasteiger partial charge in [-0.1, -0.05) is 43.7 Å². The molecule has 22 heavy (non-hydrogen) atoms. The summed E-state index contributed by atoms with van der Waals surface area (Å²) in [5.41, 5.74) is 2.63. The number of carbonyl (C=O) groups excluding carboxylic acids is 1. The number of rotatable bonds is 6. The lowest BCUT2D eigenvalue weighted by atomic mass is 10.1. The van der Waals surface area contributed by atoms with Gasteiger partial charge in [-0.2, -0.15) is 0 Å². The van der Waals surface area contributed by atoms with Crippen LogP contribution in [0.1, 0.15) is 47.9 Å². The van der Waals surface area contributed by atoms with E-state index in [0.717, 1.165) is 24.0 Å². The maximum atomic E-state index is 12.3. The standard InChI is InChI=1S/C19H22O3/c1-4-7-16-8-5-6-9-18(16)22-19(20)17-12-10-15(11-13-17)14(2)21-3/h5-6,8-14H,4,7H2,1-3H3. The molecule has 1 atom stereocenters. The highest BCUT2D eigenvalue weighted by Crippen LogP contribution is 2.22. The summed E-state index contributed by atoms with van der Waals surface area (Å²) < 4.78 is 10.8. The molecule has 0 radical (unpaired) electrons. The Morgan fingerprint density at radius 2 is 1.77 bits per heavy atom. The first-order chi connectivity index (χ1) is 10.7. The normalized spacial score (nSPS) is 12.0. The molecule has 0 aromatic heterocycles. The number of methoxy groups -OCH3 is 1. The van der Waals surface area contributed by atoms with Gasteiger partial charge in [-0.15, -0.1) is 0 Å². The van der Waals surface area contributed by atoms with Crippen molar-refractivity contribution in [2.45, 2.75) is 32.8 Å². The van der Waals surface area contributed by atoms with Gasteiger partial charge in [0, 0.05) is 7.11 Å². The third-order valence-corrected chi connectivity index (χ3v) is 3.66. The second-order valence-electron chi connectivity index (χ2n) is 5.25. The van der Waals surface area contributed by atoms with Crippen LogP contribution < -0.4 is 4.74 Å². The van der Waals surface area contributed by atoms with Crippen LogP contribution in [0, 0.1) is 0 Å². The van der Waals surface area contributed by atoms with E-state index in [2.05, 4.69) is 6.92 Å². The Labute approximate surface area is 131 Å². The molecule has 0 saturated carbocycles. The van der Waals surface area contributed by atoms with Crippen molar-refractivity contribution in [1.29, 1.82) is 0 Å². The van der Waals surface area contributed by atoms with Gasteiger partial charge < -0.3 is 9.47 Å². The number of benzene rings is 2. The molecule has 0 spiro atoms. The number of ether oxygens (including phenoxy) is 2. The molecule has 0 saturated heterocycles. The topological polar surface area (TPSA) is 35.5 Å². The highest BCUT2D eigenvalue weighted by Gasteiger charge is 2.12. The van der Waals surface area contributed by atoms with Crippen molar-refractivity contribution >= 4 is 5.97 Å². The Bertz CT molecular complexity index is 617. The molecule has 0 fully saturated rings. The number of carbonyl (C=O) groups is 1. The second kappa shape index (κ2) is 7.76. The van der Waals surface area contributed by atoms with E-state index in [1.165, 1.54) is 0 Å². The van der Waals surface area contributed by atoms with E-state index in [4.69, 9.17) is 9.47 Å². The lowest BCUT2D eigenvalue weighted by Crippen LogP contribution is -2.10. The van der Waals surface area contributed by atoms with Crippen molar-refractivity contribution in [3.8, 4) is 5.75 Å². The average molecular weight is 298 g/mol. The van der Waals surface area contributed by atoms with Gasteiger partial charge in [-0.3, -0.25) is 0 Å². The van der Waals surface area contributed by atoms with Crippen molar-refractivity contribution in [2.75, 3.05) is 7.11 Å². The van der Waals surface area contributed by atoms with Crippen LogP contribution in [0.15, 0.2) is 48.5 Å². The summed E-state index contributed by atoms with van der Waals surface area (Å²) in [6.07, 6.45) is 1.92. The molecule has 0 N–H and O–H groups in total. The molecule has 0 aliphatic rings. The van der Waals surface area contributed by atoms with Gasteiger partial charge >= 0.3 is 5.97 Å². The van der Waals surface area contributed by atoms with E-state index in [1.54, 1.807) is 19.2 Å². The number of para-hydroxylation sites is 1. The Kier molecular flexibility index (Phi) is 5.73. The predicted molar refractivity (Wildman–Crippen MR) is 87.3 cm³/mol. The molecule has 2 rings (SSSR count). The number of hydrogen-bond donors (Lipinski definition) is 0. The number of hydrogen-bond acceptors (Lipinski definition) is 3. The molecule has 1 unspecified atom stereocenters. The van der Waals surface area contributed by atoms with Gasteiger partial charge in [0.2, 0.25) is 0 Å². The van der Waals surface area contributed by atoms with Crippen LogP contribution in [0.2, 0.25) is 0 Å². The zero-order valence-electron chi connectivity index (χ0n) is 13.3. The fraction of sp³-hybridized carbons (Fsp3) is 0.316. The molecule has 3 heteroatoms. The van der Waals surface area contributed by atoms with Gasteiger partial charge in [-0.25, -0.2) is 4.79 Å². The van der Waals surface area contributed by atoms with Gasteiger partial charge in [0.1, 0.15) is 5.75 Å². The molecule has 0 bridgehead atoms. The van der Waals surface area contributed by atoms with Crippen LogP contribution in [0.25, 0.3) is 0 Å². The monoisotopic (exact) mass is 298 g/mol. The van der Waals surface area contributed by atoms with E-state index < -0.39 is 0 Å². The van der Waals surface area contributed by atoms with Crippen LogP contribution in [0.3, 0.4) is 0 Å². The van der Waals surface area contributed by atoms with Crippen molar-refractivity contribution < 1.29 is 14.3 Å². The van der Waals surface area contributed by atoms with Crippen LogP contribution >= 0.6 is 0 Å². The van der Waals surface area contributed by atoms with Crippen LogP contribution in [-0.4, -0.2) is 13.1 Å². The molecule has 2 aromatic rings. The molecule has 0 aliphatic carbocycles.